The van der Waals surface area contributed by atoms with Gasteiger partial charge in [0.25, 0.3) is 5.91 Å². The molecule has 0 atom stereocenters. The van der Waals surface area contributed by atoms with E-state index in [1.165, 1.54) is 16.9 Å². The Morgan fingerprint density at radius 2 is 1.96 bits per heavy atom. The molecule has 1 N–H and O–H groups in total. The molecule has 1 aromatic heterocycles. The summed E-state index contributed by atoms with van der Waals surface area (Å²) in [5.41, 5.74) is 3.37. The third-order valence-electron chi connectivity index (χ3n) is 3.58. The highest BCUT2D eigenvalue weighted by Gasteiger charge is 2.12. The molecule has 3 aromatic rings. The Hall–Kier alpha value is -2.95. The van der Waals surface area contributed by atoms with Gasteiger partial charge in [-0.05, 0) is 37.6 Å². The number of hydrogen-bond acceptors (Lipinski definition) is 2. The molecule has 0 aliphatic heterocycles. The van der Waals surface area contributed by atoms with E-state index in [1.54, 1.807) is 24.4 Å². The molecule has 0 saturated heterocycles. The minimum Gasteiger partial charge on any atom is -0.319 e. The number of nitrogens with one attached hydrogen (secondary N) is 1. The summed E-state index contributed by atoms with van der Waals surface area (Å²) in [7, 11) is 0. The van der Waals surface area contributed by atoms with Crippen LogP contribution in [0.15, 0.2) is 54.9 Å². The van der Waals surface area contributed by atoms with Gasteiger partial charge >= 0.3 is 0 Å². The van der Waals surface area contributed by atoms with Crippen LogP contribution in [0.25, 0.3) is 5.69 Å². The first kappa shape index (κ1) is 15.0. The zero-order valence-electron chi connectivity index (χ0n) is 12.9. The van der Waals surface area contributed by atoms with Crippen molar-refractivity contribution < 1.29 is 9.18 Å². The summed E-state index contributed by atoms with van der Waals surface area (Å²) in [6, 6.07) is 12.0. The summed E-state index contributed by atoms with van der Waals surface area (Å²) < 4.78 is 15.2. The molecule has 23 heavy (non-hydrogen) atoms. The van der Waals surface area contributed by atoms with Gasteiger partial charge in [0.15, 0.2) is 0 Å². The molecule has 0 spiro atoms. The van der Waals surface area contributed by atoms with Crippen molar-refractivity contribution in [3.63, 3.8) is 0 Å². The van der Waals surface area contributed by atoms with Gasteiger partial charge in [-0.25, -0.2) is 9.07 Å². The minimum absolute atomic E-state index is 0.209. The third kappa shape index (κ3) is 3.13. The van der Waals surface area contributed by atoms with Crippen LogP contribution in [-0.4, -0.2) is 15.7 Å². The normalized spacial score (nSPS) is 10.6. The van der Waals surface area contributed by atoms with E-state index in [-0.39, 0.29) is 11.7 Å². The molecule has 0 fully saturated rings. The first-order valence-electron chi connectivity index (χ1n) is 7.23. The molecule has 5 heteroatoms. The van der Waals surface area contributed by atoms with Crippen molar-refractivity contribution in [2.24, 2.45) is 0 Å². The highest BCUT2D eigenvalue weighted by Crippen LogP contribution is 2.17. The number of amides is 1. The number of carbonyl (C=O) groups excluding carboxylic acids is 1. The summed E-state index contributed by atoms with van der Waals surface area (Å²) in [6.07, 6.45) is 3.08. The van der Waals surface area contributed by atoms with Crippen LogP contribution in [0.1, 0.15) is 21.5 Å². The smallest absolute Gasteiger partial charge is 0.256 e. The van der Waals surface area contributed by atoms with Crippen molar-refractivity contribution in [2.45, 2.75) is 13.8 Å². The largest absolute Gasteiger partial charge is 0.319 e. The molecule has 2 aromatic carbocycles. The second kappa shape index (κ2) is 6.04. The van der Waals surface area contributed by atoms with Gasteiger partial charge in [-0.1, -0.05) is 29.8 Å². The topological polar surface area (TPSA) is 46.9 Å². The average Bonchev–Trinajstić information content (AvgIpc) is 2.98. The van der Waals surface area contributed by atoms with E-state index in [4.69, 9.17) is 0 Å². The molecule has 0 bridgehead atoms. The standard InChI is InChI=1S/C18H16FN3O/c1-12-7-8-13(2)15(9-12)18(23)21-14-10-20-22(11-14)17-6-4-3-5-16(17)19/h3-11H,1-2H3,(H,21,23). The van der Waals surface area contributed by atoms with Gasteiger partial charge in [0.05, 0.1) is 18.1 Å². The van der Waals surface area contributed by atoms with E-state index in [0.29, 0.717) is 16.9 Å². The first-order chi connectivity index (χ1) is 11.0. The highest BCUT2D eigenvalue weighted by atomic mass is 19.1. The van der Waals surface area contributed by atoms with Crippen molar-refractivity contribution in [2.75, 3.05) is 5.32 Å². The first-order valence-corrected chi connectivity index (χ1v) is 7.23. The Kier molecular flexibility index (Phi) is 3.93. The van der Waals surface area contributed by atoms with E-state index in [1.807, 2.05) is 32.0 Å². The number of para-hydroxylation sites is 1. The van der Waals surface area contributed by atoms with Crippen LogP contribution < -0.4 is 5.32 Å². The van der Waals surface area contributed by atoms with Crippen LogP contribution in [0.3, 0.4) is 0 Å². The van der Waals surface area contributed by atoms with Gasteiger partial charge in [-0.3, -0.25) is 4.79 Å². The summed E-state index contributed by atoms with van der Waals surface area (Å²) in [4.78, 5) is 12.4. The number of carbonyl (C=O) groups is 1. The lowest BCUT2D eigenvalue weighted by atomic mass is 10.1. The zero-order valence-corrected chi connectivity index (χ0v) is 12.9. The maximum absolute atomic E-state index is 13.8. The SMILES string of the molecule is Cc1ccc(C)c(C(=O)Nc2cnn(-c3ccccc3F)c2)c1. The molecule has 0 aliphatic rings. The van der Waals surface area contributed by atoms with Crippen LogP contribution in [-0.2, 0) is 0 Å². The lowest BCUT2D eigenvalue weighted by Crippen LogP contribution is -2.13. The molecule has 0 radical (unpaired) electrons. The Bertz CT molecular complexity index is 870. The van der Waals surface area contributed by atoms with Gasteiger partial charge < -0.3 is 5.32 Å². The van der Waals surface area contributed by atoms with Gasteiger partial charge in [-0.15, -0.1) is 0 Å². The number of benzene rings is 2. The third-order valence-corrected chi connectivity index (χ3v) is 3.58. The van der Waals surface area contributed by atoms with E-state index in [9.17, 15) is 9.18 Å². The van der Waals surface area contributed by atoms with Crippen LogP contribution >= 0.6 is 0 Å². The number of nitrogens with zero attached hydrogens (tertiary/aromatic N) is 2. The summed E-state index contributed by atoms with van der Waals surface area (Å²) in [6.45, 7) is 3.82. The molecular weight excluding hydrogens is 293 g/mol. The number of rotatable bonds is 3. The quantitative estimate of drug-likeness (QED) is 0.798. The number of hydrogen-bond donors (Lipinski definition) is 1. The van der Waals surface area contributed by atoms with E-state index in [0.717, 1.165) is 11.1 Å². The van der Waals surface area contributed by atoms with Crippen LogP contribution in [0.5, 0.6) is 0 Å². The monoisotopic (exact) mass is 309 g/mol. The van der Waals surface area contributed by atoms with Crippen molar-refractivity contribution >= 4 is 11.6 Å². The van der Waals surface area contributed by atoms with Crippen molar-refractivity contribution in [3.8, 4) is 5.69 Å². The number of anilines is 1. The fourth-order valence-electron chi connectivity index (χ4n) is 2.34. The summed E-state index contributed by atoms with van der Waals surface area (Å²) in [5.74, 6) is -0.581. The van der Waals surface area contributed by atoms with Crippen LogP contribution in [0.2, 0.25) is 0 Å². The van der Waals surface area contributed by atoms with E-state index >= 15 is 0 Å². The predicted octanol–water partition coefficient (Wildman–Crippen LogP) is 3.88. The lowest BCUT2D eigenvalue weighted by molar-refractivity contribution is 0.102. The molecule has 4 nitrogen and oxygen atoms in total. The maximum atomic E-state index is 13.8. The van der Waals surface area contributed by atoms with Crippen molar-refractivity contribution in [3.05, 3.63) is 77.4 Å². The molecule has 116 valence electrons. The van der Waals surface area contributed by atoms with Gasteiger partial charge in [0, 0.05) is 5.56 Å². The fraction of sp³-hybridized carbons (Fsp3) is 0.111. The number of aromatic nitrogens is 2. The summed E-state index contributed by atoms with van der Waals surface area (Å²) in [5, 5.41) is 6.89. The Balaban J connectivity index is 1.83. The highest BCUT2D eigenvalue weighted by molar-refractivity contribution is 6.05. The van der Waals surface area contributed by atoms with E-state index in [2.05, 4.69) is 10.4 Å². The van der Waals surface area contributed by atoms with E-state index < -0.39 is 0 Å². The molecule has 0 aliphatic carbocycles. The van der Waals surface area contributed by atoms with Gasteiger partial charge in [-0.2, -0.15) is 5.10 Å². The Morgan fingerprint density at radius 1 is 1.17 bits per heavy atom. The zero-order chi connectivity index (χ0) is 16.4. The van der Waals surface area contributed by atoms with Crippen molar-refractivity contribution in [1.82, 2.24) is 9.78 Å². The number of aryl methyl sites for hydroxylation is 2. The van der Waals surface area contributed by atoms with Crippen LogP contribution in [0.4, 0.5) is 10.1 Å². The summed E-state index contributed by atoms with van der Waals surface area (Å²) >= 11 is 0. The Labute approximate surface area is 133 Å². The molecule has 1 heterocycles. The second-order valence-corrected chi connectivity index (χ2v) is 5.40. The van der Waals surface area contributed by atoms with Crippen LogP contribution in [0, 0.1) is 19.7 Å². The molecule has 0 unspecified atom stereocenters. The Morgan fingerprint density at radius 3 is 2.74 bits per heavy atom. The fourth-order valence-corrected chi connectivity index (χ4v) is 2.34. The average molecular weight is 309 g/mol. The van der Waals surface area contributed by atoms with Gasteiger partial charge in [0.1, 0.15) is 11.5 Å². The van der Waals surface area contributed by atoms with Gasteiger partial charge in [0.2, 0.25) is 0 Å². The second-order valence-electron chi connectivity index (χ2n) is 5.40. The molecular formula is C18H16FN3O. The molecule has 0 saturated carbocycles. The minimum atomic E-state index is -0.372. The van der Waals surface area contributed by atoms with Crippen molar-refractivity contribution in [1.29, 1.82) is 0 Å². The predicted molar refractivity (Wildman–Crippen MR) is 87.4 cm³/mol. The number of halogens is 1. The molecule has 1 amide bonds. The maximum Gasteiger partial charge on any atom is 0.256 e. The lowest BCUT2D eigenvalue weighted by Gasteiger charge is -2.07. The molecule has 3 rings (SSSR count).